The quantitative estimate of drug-likeness (QED) is 0.765. The molecular formula is C16H22ClN3O. The number of unbranched alkanes of at least 4 members (excludes halogenated alkanes) is 3. The first kappa shape index (κ1) is 16.0. The lowest BCUT2D eigenvalue weighted by Gasteiger charge is -2.13. The maximum atomic E-state index is 12.1. The highest BCUT2D eigenvalue weighted by Crippen LogP contribution is 2.16. The van der Waals surface area contributed by atoms with Gasteiger partial charge in [-0.1, -0.05) is 37.8 Å². The normalized spacial score (nSPS) is 12.7. The number of nitrogens with one attached hydrogen (secondary N) is 2. The van der Waals surface area contributed by atoms with E-state index in [4.69, 9.17) is 11.6 Å². The number of aromatic nitrogens is 2. The third-order valence-corrected chi connectivity index (χ3v) is 3.81. The Balaban J connectivity index is 2.09. The van der Waals surface area contributed by atoms with Crippen molar-refractivity contribution in [2.45, 2.75) is 45.6 Å². The molecule has 114 valence electrons. The van der Waals surface area contributed by atoms with Crippen molar-refractivity contribution in [1.82, 2.24) is 15.3 Å². The number of hydrogen-bond acceptors (Lipinski definition) is 3. The van der Waals surface area contributed by atoms with Crippen LogP contribution in [0, 0.1) is 0 Å². The zero-order valence-corrected chi connectivity index (χ0v) is 13.3. The minimum Gasteiger partial charge on any atom is -0.309 e. The molecule has 0 aliphatic rings. The lowest BCUT2D eigenvalue weighted by Crippen LogP contribution is -2.24. The summed E-state index contributed by atoms with van der Waals surface area (Å²) in [7, 11) is 0. The molecule has 2 aromatic rings. The van der Waals surface area contributed by atoms with Crippen LogP contribution in [-0.2, 0) is 0 Å². The summed E-state index contributed by atoms with van der Waals surface area (Å²) in [5.74, 6) is 0.658. The van der Waals surface area contributed by atoms with Crippen LogP contribution in [0.4, 0.5) is 0 Å². The van der Waals surface area contributed by atoms with Crippen molar-refractivity contribution in [1.29, 1.82) is 0 Å². The van der Waals surface area contributed by atoms with Crippen LogP contribution >= 0.6 is 11.6 Å². The number of H-pyrrole nitrogens is 1. The van der Waals surface area contributed by atoms with Gasteiger partial charge in [0.1, 0.15) is 5.82 Å². The summed E-state index contributed by atoms with van der Waals surface area (Å²) in [6, 6.07) is 5.15. The maximum absolute atomic E-state index is 12.1. The van der Waals surface area contributed by atoms with Crippen LogP contribution in [0.5, 0.6) is 0 Å². The van der Waals surface area contributed by atoms with E-state index in [2.05, 4.69) is 22.2 Å². The van der Waals surface area contributed by atoms with E-state index >= 15 is 0 Å². The Morgan fingerprint density at radius 1 is 1.33 bits per heavy atom. The Bertz CT molecular complexity index is 654. The molecule has 0 radical (unpaired) electrons. The van der Waals surface area contributed by atoms with Crippen molar-refractivity contribution in [3.63, 3.8) is 0 Å². The van der Waals surface area contributed by atoms with Gasteiger partial charge in [0, 0.05) is 5.02 Å². The van der Waals surface area contributed by atoms with E-state index in [1.54, 1.807) is 18.2 Å². The first-order valence-corrected chi connectivity index (χ1v) is 7.92. The van der Waals surface area contributed by atoms with E-state index in [1.807, 2.05) is 6.92 Å². The average molecular weight is 308 g/mol. The fourth-order valence-corrected chi connectivity index (χ4v) is 2.47. The number of hydrogen-bond donors (Lipinski definition) is 2. The van der Waals surface area contributed by atoms with E-state index < -0.39 is 0 Å². The van der Waals surface area contributed by atoms with Gasteiger partial charge in [0.25, 0.3) is 5.56 Å². The molecule has 1 aromatic carbocycles. The van der Waals surface area contributed by atoms with Gasteiger partial charge in [-0.2, -0.15) is 0 Å². The molecule has 0 bridgehead atoms. The van der Waals surface area contributed by atoms with Crippen LogP contribution in [0.15, 0.2) is 23.0 Å². The van der Waals surface area contributed by atoms with Gasteiger partial charge in [0.2, 0.25) is 0 Å². The molecule has 1 aromatic heterocycles. The van der Waals surface area contributed by atoms with E-state index in [0.29, 0.717) is 21.7 Å². The SMILES string of the molecule is CCCCCCN[C@H](C)c1nc2cc(Cl)ccc2c(=O)[nH]1. The highest BCUT2D eigenvalue weighted by atomic mass is 35.5. The molecule has 0 unspecified atom stereocenters. The predicted molar refractivity (Wildman–Crippen MR) is 87.9 cm³/mol. The number of fused-ring (bicyclic) bond motifs is 1. The topological polar surface area (TPSA) is 57.8 Å². The van der Waals surface area contributed by atoms with Gasteiger partial charge in [-0.25, -0.2) is 4.98 Å². The van der Waals surface area contributed by atoms with Crippen molar-refractivity contribution >= 4 is 22.5 Å². The van der Waals surface area contributed by atoms with Gasteiger partial charge in [0.05, 0.1) is 16.9 Å². The molecule has 0 aliphatic carbocycles. The van der Waals surface area contributed by atoms with Gasteiger partial charge < -0.3 is 10.3 Å². The molecule has 1 heterocycles. The second-order valence-electron chi connectivity index (χ2n) is 5.35. The minimum absolute atomic E-state index is 0.0164. The zero-order chi connectivity index (χ0) is 15.2. The van der Waals surface area contributed by atoms with Crippen LogP contribution in [0.2, 0.25) is 5.02 Å². The Hall–Kier alpha value is -1.39. The van der Waals surface area contributed by atoms with E-state index in [0.717, 1.165) is 13.0 Å². The molecule has 0 saturated carbocycles. The van der Waals surface area contributed by atoms with Gasteiger partial charge >= 0.3 is 0 Å². The Kier molecular flexibility index (Phi) is 5.76. The fraction of sp³-hybridized carbons (Fsp3) is 0.500. The molecule has 0 fully saturated rings. The Morgan fingerprint density at radius 3 is 2.90 bits per heavy atom. The second-order valence-corrected chi connectivity index (χ2v) is 5.79. The summed E-state index contributed by atoms with van der Waals surface area (Å²) in [5.41, 5.74) is 0.521. The lowest BCUT2D eigenvalue weighted by atomic mass is 10.2. The molecule has 0 saturated heterocycles. The molecule has 2 rings (SSSR count). The molecule has 0 spiro atoms. The van der Waals surface area contributed by atoms with Crippen LogP contribution in [0.3, 0.4) is 0 Å². The molecule has 5 heteroatoms. The van der Waals surface area contributed by atoms with Crippen LogP contribution in [0.1, 0.15) is 51.4 Å². The second kappa shape index (κ2) is 7.57. The number of aromatic amines is 1. The standard InChI is InChI=1S/C16H22ClN3O/c1-3-4-5-6-9-18-11(2)15-19-14-10-12(17)7-8-13(14)16(21)20-15/h7-8,10-11,18H,3-6,9H2,1-2H3,(H,19,20,21)/t11-/m1/s1. The highest BCUT2D eigenvalue weighted by molar-refractivity contribution is 6.31. The van der Waals surface area contributed by atoms with Crippen molar-refractivity contribution in [3.05, 3.63) is 39.4 Å². The smallest absolute Gasteiger partial charge is 0.258 e. The first-order valence-electron chi connectivity index (χ1n) is 7.54. The third-order valence-electron chi connectivity index (χ3n) is 3.58. The van der Waals surface area contributed by atoms with Crippen molar-refractivity contribution in [3.8, 4) is 0 Å². The van der Waals surface area contributed by atoms with Crippen molar-refractivity contribution < 1.29 is 0 Å². The molecule has 21 heavy (non-hydrogen) atoms. The predicted octanol–water partition coefficient (Wildman–Crippen LogP) is 3.81. The number of benzene rings is 1. The molecular weight excluding hydrogens is 286 g/mol. The van der Waals surface area contributed by atoms with E-state index in [-0.39, 0.29) is 11.6 Å². The largest absolute Gasteiger partial charge is 0.309 e. The van der Waals surface area contributed by atoms with Gasteiger partial charge in [0.15, 0.2) is 0 Å². The molecule has 0 aliphatic heterocycles. The Morgan fingerprint density at radius 2 is 2.14 bits per heavy atom. The molecule has 1 atom stereocenters. The van der Waals surface area contributed by atoms with Crippen molar-refractivity contribution in [2.75, 3.05) is 6.54 Å². The maximum Gasteiger partial charge on any atom is 0.258 e. The van der Waals surface area contributed by atoms with Gasteiger partial charge in [-0.3, -0.25) is 4.79 Å². The van der Waals surface area contributed by atoms with E-state index in [1.165, 1.54) is 19.3 Å². The van der Waals surface area contributed by atoms with E-state index in [9.17, 15) is 4.79 Å². The van der Waals surface area contributed by atoms with Crippen LogP contribution in [0.25, 0.3) is 10.9 Å². The number of nitrogens with zero attached hydrogens (tertiary/aromatic N) is 1. The lowest BCUT2D eigenvalue weighted by molar-refractivity contribution is 0.518. The minimum atomic E-state index is -0.119. The summed E-state index contributed by atoms with van der Waals surface area (Å²) in [5, 5.41) is 4.56. The zero-order valence-electron chi connectivity index (χ0n) is 12.6. The molecule has 4 nitrogen and oxygen atoms in total. The van der Waals surface area contributed by atoms with Crippen molar-refractivity contribution in [2.24, 2.45) is 0 Å². The molecule has 0 amide bonds. The summed E-state index contributed by atoms with van der Waals surface area (Å²) in [4.78, 5) is 19.4. The fourth-order valence-electron chi connectivity index (χ4n) is 2.30. The summed E-state index contributed by atoms with van der Waals surface area (Å²) in [6.45, 7) is 5.14. The highest BCUT2D eigenvalue weighted by Gasteiger charge is 2.10. The third kappa shape index (κ3) is 4.29. The number of rotatable bonds is 7. The Labute approximate surface area is 129 Å². The van der Waals surface area contributed by atoms with Crippen LogP contribution in [-0.4, -0.2) is 16.5 Å². The first-order chi connectivity index (χ1) is 10.1. The summed E-state index contributed by atoms with van der Waals surface area (Å²) < 4.78 is 0. The van der Waals surface area contributed by atoms with Crippen LogP contribution < -0.4 is 10.9 Å². The van der Waals surface area contributed by atoms with Gasteiger partial charge in [-0.15, -0.1) is 0 Å². The summed E-state index contributed by atoms with van der Waals surface area (Å²) in [6.07, 6.45) is 4.87. The number of halogens is 1. The molecule has 2 N–H and O–H groups in total. The summed E-state index contributed by atoms with van der Waals surface area (Å²) >= 11 is 5.97. The monoisotopic (exact) mass is 307 g/mol. The van der Waals surface area contributed by atoms with Gasteiger partial charge in [-0.05, 0) is 38.1 Å². The average Bonchev–Trinajstić information content (AvgIpc) is 2.46.